The highest BCUT2D eigenvalue weighted by Gasteiger charge is 2.30. The number of hydroxylamine groups is 2. The molecular weight excluding hydrogens is 458 g/mol. The Hall–Kier alpha value is -3.91. The monoisotopic (exact) mass is 491 g/mol. The van der Waals surface area contributed by atoms with Gasteiger partial charge in [0.15, 0.2) is 0 Å². The van der Waals surface area contributed by atoms with E-state index in [0.717, 1.165) is 27.3 Å². The van der Waals surface area contributed by atoms with E-state index in [4.69, 9.17) is 4.84 Å². The molecule has 1 aromatic heterocycles. The molecule has 8 heteroatoms. The minimum Gasteiger partial charge on any atom is -0.481 e. The highest BCUT2D eigenvalue weighted by molar-refractivity contribution is 5.90. The summed E-state index contributed by atoms with van der Waals surface area (Å²) < 4.78 is 1.58. The van der Waals surface area contributed by atoms with Gasteiger partial charge in [-0.25, -0.2) is 5.06 Å². The molecule has 1 heterocycles. The van der Waals surface area contributed by atoms with Gasteiger partial charge in [0.2, 0.25) is 5.91 Å². The summed E-state index contributed by atoms with van der Waals surface area (Å²) in [7, 11) is 2.84. The molecule has 0 aliphatic heterocycles. The quantitative estimate of drug-likeness (QED) is 0.388. The van der Waals surface area contributed by atoms with Gasteiger partial charge in [-0.1, -0.05) is 68.4 Å². The van der Waals surface area contributed by atoms with Crippen LogP contribution in [0.1, 0.15) is 32.7 Å². The number of aliphatic carboxylic acids is 1. The van der Waals surface area contributed by atoms with Crippen molar-refractivity contribution in [3.8, 4) is 22.3 Å². The van der Waals surface area contributed by atoms with Crippen molar-refractivity contribution in [1.82, 2.24) is 14.9 Å². The third kappa shape index (κ3) is 6.82. The largest absolute Gasteiger partial charge is 0.481 e. The van der Waals surface area contributed by atoms with E-state index in [1.165, 1.54) is 14.2 Å². The molecule has 0 bridgehead atoms. The Morgan fingerprint density at radius 3 is 2.08 bits per heavy atom. The first kappa shape index (κ1) is 26.7. The minimum atomic E-state index is -1.11. The fourth-order valence-corrected chi connectivity index (χ4v) is 4.03. The molecule has 2 N–H and O–H groups in total. The fourth-order valence-electron chi connectivity index (χ4n) is 4.03. The van der Waals surface area contributed by atoms with E-state index in [1.807, 2.05) is 74.5 Å². The lowest BCUT2D eigenvalue weighted by Gasteiger charge is -2.26. The molecule has 0 aliphatic carbocycles. The SMILES string of the molecule is CON(C)C(=O)[C@H](CC(C)C)NC(=O)C(CC(=O)O)n1ccc(-c2ccc(-c3ccccc3)cc2)c1. The average molecular weight is 492 g/mol. The summed E-state index contributed by atoms with van der Waals surface area (Å²) >= 11 is 0. The number of carbonyl (C=O) groups excluding carboxylic acids is 2. The standard InChI is InChI=1S/C28H33N3O5/c1-19(2)16-24(28(35)30(3)36-4)29-27(34)25(17-26(32)33)31-15-14-23(18-31)22-12-10-21(11-13-22)20-8-6-5-7-9-20/h5-15,18-19,24-25H,16-17H2,1-4H3,(H,29,34)(H,32,33)/t24-,25?/m0/s1. The van der Waals surface area contributed by atoms with Gasteiger partial charge in [0.05, 0.1) is 13.5 Å². The Balaban J connectivity index is 1.82. The number of nitrogens with zero attached hydrogens (tertiary/aromatic N) is 2. The van der Waals surface area contributed by atoms with E-state index >= 15 is 0 Å². The lowest BCUT2D eigenvalue weighted by Crippen LogP contribution is -2.49. The van der Waals surface area contributed by atoms with Crippen molar-refractivity contribution in [3.63, 3.8) is 0 Å². The number of amides is 2. The second-order valence-electron chi connectivity index (χ2n) is 9.11. The number of carboxylic acid groups (broad SMARTS) is 1. The summed E-state index contributed by atoms with van der Waals surface area (Å²) in [5.41, 5.74) is 4.00. The third-order valence-electron chi connectivity index (χ3n) is 5.98. The van der Waals surface area contributed by atoms with Crippen LogP contribution in [0.25, 0.3) is 22.3 Å². The molecule has 2 amide bonds. The Bertz CT molecular complexity index is 1170. The van der Waals surface area contributed by atoms with Crippen LogP contribution in [0.15, 0.2) is 73.1 Å². The van der Waals surface area contributed by atoms with Gasteiger partial charge in [-0.15, -0.1) is 0 Å². The van der Waals surface area contributed by atoms with Crippen molar-refractivity contribution in [3.05, 3.63) is 73.1 Å². The second-order valence-corrected chi connectivity index (χ2v) is 9.11. The van der Waals surface area contributed by atoms with Gasteiger partial charge in [-0.3, -0.25) is 19.2 Å². The zero-order chi connectivity index (χ0) is 26.2. The molecule has 0 saturated carbocycles. The first-order valence-corrected chi connectivity index (χ1v) is 11.9. The lowest BCUT2D eigenvalue weighted by molar-refractivity contribution is -0.172. The number of rotatable bonds is 11. The molecule has 0 saturated heterocycles. The molecular formula is C28H33N3O5. The molecule has 0 radical (unpaired) electrons. The maximum Gasteiger partial charge on any atom is 0.306 e. The van der Waals surface area contributed by atoms with E-state index in [2.05, 4.69) is 5.32 Å². The van der Waals surface area contributed by atoms with Crippen LogP contribution in [0, 0.1) is 5.92 Å². The van der Waals surface area contributed by atoms with Gasteiger partial charge in [0.25, 0.3) is 5.91 Å². The Kier molecular flexibility index (Phi) is 9.02. The highest BCUT2D eigenvalue weighted by Crippen LogP contribution is 2.27. The van der Waals surface area contributed by atoms with Crippen molar-refractivity contribution in [2.75, 3.05) is 14.2 Å². The minimum absolute atomic E-state index is 0.125. The Morgan fingerprint density at radius 1 is 0.944 bits per heavy atom. The number of nitrogens with one attached hydrogen (secondary N) is 1. The van der Waals surface area contributed by atoms with E-state index < -0.39 is 36.3 Å². The maximum absolute atomic E-state index is 13.2. The number of carboxylic acids is 1. The molecule has 3 aromatic rings. The van der Waals surface area contributed by atoms with E-state index in [1.54, 1.807) is 17.0 Å². The van der Waals surface area contributed by atoms with Gasteiger partial charge < -0.3 is 15.0 Å². The Labute approximate surface area is 211 Å². The number of benzene rings is 2. The fraction of sp³-hybridized carbons (Fsp3) is 0.321. The number of hydrogen-bond acceptors (Lipinski definition) is 4. The summed E-state index contributed by atoms with van der Waals surface area (Å²) in [5.74, 6) is -1.93. The zero-order valence-electron chi connectivity index (χ0n) is 21.0. The Morgan fingerprint density at radius 2 is 1.53 bits per heavy atom. The summed E-state index contributed by atoms with van der Waals surface area (Å²) in [6.45, 7) is 3.88. The van der Waals surface area contributed by atoms with E-state index in [-0.39, 0.29) is 5.92 Å². The van der Waals surface area contributed by atoms with Gasteiger partial charge in [0, 0.05) is 19.4 Å². The predicted octanol–water partition coefficient (Wildman–Crippen LogP) is 4.39. The lowest BCUT2D eigenvalue weighted by atomic mass is 10.0. The highest BCUT2D eigenvalue weighted by atomic mass is 16.7. The van der Waals surface area contributed by atoms with E-state index in [9.17, 15) is 19.5 Å². The summed E-state index contributed by atoms with van der Waals surface area (Å²) in [6.07, 6.45) is 3.41. The number of aromatic nitrogens is 1. The van der Waals surface area contributed by atoms with Crippen molar-refractivity contribution < 1.29 is 24.3 Å². The summed E-state index contributed by atoms with van der Waals surface area (Å²) in [4.78, 5) is 42.5. The summed E-state index contributed by atoms with van der Waals surface area (Å²) in [5, 5.41) is 13.3. The van der Waals surface area contributed by atoms with Gasteiger partial charge in [-0.05, 0) is 40.7 Å². The maximum atomic E-state index is 13.2. The van der Waals surface area contributed by atoms with Crippen LogP contribution in [0.5, 0.6) is 0 Å². The molecule has 0 spiro atoms. The predicted molar refractivity (Wildman–Crippen MR) is 138 cm³/mol. The second kappa shape index (κ2) is 12.2. The number of hydrogen-bond donors (Lipinski definition) is 2. The molecule has 36 heavy (non-hydrogen) atoms. The zero-order valence-corrected chi connectivity index (χ0v) is 21.0. The molecule has 0 fully saturated rings. The van der Waals surface area contributed by atoms with Crippen molar-refractivity contribution in [1.29, 1.82) is 0 Å². The summed E-state index contributed by atoms with van der Waals surface area (Å²) in [6, 6.07) is 18.1. The molecule has 2 atom stereocenters. The third-order valence-corrected chi connectivity index (χ3v) is 5.98. The molecule has 0 aliphatic rings. The first-order valence-electron chi connectivity index (χ1n) is 11.9. The van der Waals surface area contributed by atoms with Gasteiger partial charge in [0.1, 0.15) is 12.1 Å². The first-order chi connectivity index (χ1) is 17.2. The van der Waals surface area contributed by atoms with Crippen molar-refractivity contribution in [2.24, 2.45) is 5.92 Å². The topological polar surface area (TPSA) is 101 Å². The van der Waals surface area contributed by atoms with Crippen molar-refractivity contribution in [2.45, 2.75) is 38.8 Å². The van der Waals surface area contributed by atoms with Crippen LogP contribution in [-0.4, -0.2) is 52.7 Å². The van der Waals surface area contributed by atoms with Crippen LogP contribution in [0.2, 0.25) is 0 Å². The molecule has 3 rings (SSSR count). The van der Waals surface area contributed by atoms with Crippen LogP contribution in [0.3, 0.4) is 0 Å². The number of carbonyl (C=O) groups is 3. The normalized spacial score (nSPS) is 12.7. The van der Waals surface area contributed by atoms with Crippen molar-refractivity contribution >= 4 is 17.8 Å². The van der Waals surface area contributed by atoms with Gasteiger partial charge >= 0.3 is 5.97 Å². The smallest absolute Gasteiger partial charge is 0.306 e. The molecule has 1 unspecified atom stereocenters. The molecule has 190 valence electrons. The van der Waals surface area contributed by atoms with Crippen LogP contribution in [0.4, 0.5) is 0 Å². The molecule has 2 aromatic carbocycles. The van der Waals surface area contributed by atoms with Gasteiger partial charge in [-0.2, -0.15) is 0 Å². The molecule has 8 nitrogen and oxygen atoms in total. The van der Waals surface area contributed by atoms with Crippen LogP contribution in [-0.2, 0) is 19.2 Å². The number of likely N-dealkylation sites (N-methyl/N-ethyl adjacent to an activating group) is 1. The van der Waals surface area contributed by atoms with Crippen LogP contribution < -0.4 is 5.32 Å². The van der Waals surface area contributed by atoms with E-state index in [0.29, 0.717) is 6.42 Å². The average Bonchev–Trinajstić information content (AvgIpc) is 3.36. The van der Waals surface area contributed by atoms with Crippen LogP contribution >= 0.6 is 0 Å².